The maximum atomic E-state index is 10.8. The van der Waals surface area contributed by atoms with Crippen molar-refractivity contribution in [3.8, 4) is 0 Å². The molecule has 1 unspecified atom stereocenters. The molecule has 1 aromatic rings. The number of nitrogens with zero attached hydrogens (tertiary/aromatic N) is 2. The Morgan fingerprint density at radius 1 is 1.29 bits per heavy atom. The Labute approximate surface area is 101 Å². The first-order chi connectivity index (χ1) is 8.16. The van der Waals surface area contributed by atoms with Crippen LogP contribution in [0.15, 0.2) is 42.7 Å². The van der Waals surface area contributed by atoms with E-state index >= 15 is 0 Å². The van der Waals surface area contributed by atoms with Crippen molar-refractivity contribution in [2.75, 3.05) is 7.05 Å². The van der Waals surface area contributed by atoms with Crippen LogP contribution in [0.5, 0.6) is 0 Å². The molecule has 1 N–H and O–H groups in total. The molecule has 1 aromatic carbocycles. The van der Waals surface area contributed by atoms with Gasteiger partial charge < -0.3 is 14.9 Å². The molecule has 1 aliphatic rings. The normalized spacial score (nSPS) is 18.8. The minimum Gasteiger partial charge on any atom is -0.481 e. The van der Waals surface area contributed by atoms with E-state index in [9.17, 15) is 4.79 Å². The van der Waals surface area contributed by atoms with E-state index in [1.165, 1.54) is 5.56 Å². The molecule has 1 heterocycles. The van der Waals surface area contributed by atoms with Gasteiger partial charge in [-0.2, -0.15) is 0 Å². The molecule has 17 heavy (non-hydrogen) atoms. The molecule has 0 aliphatic carbocycles. The van der Waals surface area contributed by atoms with Crippen molar-refractivity contribution in [3.05, 3.63) is 48.3 Å². The molecule has 1 aliphatic heterocycles. The van der Waals surface area contributed by atoms with Crippen LogP contribution in [0.4, 0.5) is 0 Å². The predicted molar refractivity (Wildman–Crippen MR) is 64.9 cm³/mol. The van der Waals surface area contributed by atoms with E-state index in [-0.39, 0.29) is 12.6 Å². The second-order valence-electron chi connectivity index (χ2n) is 4.20. The van der Waals surface area contributed by atoms with Crippen molar-refractivity contribution in [3.63, 3.8) is 0 Å². The Morgan fingerprint density at radius 2 is 2.00 bits per heavy atom. The highest BCUT2D eigenvalue weighted by atomic mass is 16.4. The quantitative estimate of drug-likeness (QED) is 0.858. The van der Waals surface area contributed by atoms with Crippen molar-refractivity contribution in [1.29, 1.82) is 0 Å². The Balaban J connectivity index is 2.05. The van der Waals surface area contributed by atoms with E-state index < -0.39 is 5.97 Å². The lowest BCUT2D eigenvalue weighted by Gasteiger charge is -2.29. The second kappa shape index (κ2) is 4.91. The molecule has 90 valence electrons. The van der Waals surface area contributed by atoms with Crippen LogP contribution in [-0.2, 0) is 11.3 Å². The van der Waals surface area contributed by atoms with Gasteiger partial charge in [0, 0.05) is 26.0 Å². The fourth-order valence-corrected chi connectivity index (χ4v) is 1.99. The van der Waals surface area contributed by atoms with Crippen LogP contribution < -0.4 is 0 Å². The molecule has 0 saturated carbocycles. The molecule has 4 heteroatoms. The molecule has 0 saturated heterocycles. The molecular formula is C13H16N2O2. The van der Waals surface area contributed by atoms with Gasteiger partial charge in [0.05, 0.1) is 6.42 Å². The smallest absolute Gasteiger partial charge is 0.307 e. The lowest BCUT2D eigenvalue weighted by atomic mass is 10.2. The monoisotopic (exact) mass is 232 g/mol. The van der Waals surface area contributed by atoms with Crippen LogP contribution in [0.3, 0.4) is 0 Å². The third kappa shape index (κ3) is 2.78. The molecule has 0 spiro atoms. The van der Waals surface area contributed by atoms with Gasteiger partial charge in [0.2, 0.25) is 0 Å². The van der Waals surface area contributed by atoms with Crippen molar-refractivity contribution >= 4 is 5.97 Å². The zero-order valence-corrected chi connectivity index (χ0v) is 9.78. The highest BCUT2D eigenvalue weighted by Crippen LogP contribution is 2.19. The third-order valence-corrected chi connectivity index (χ3v) is 2.91. The lowest BCUT2D eigenvalue weighted by molar-refractivity contribution is -0.139. The highest BCUT2D eigenvalue weighted by Gasteiger charge is 2.25. The van der Waals surface area contributed by atoms with Gasteiger partial charge in [0.1, 0.15) is 6.17 Å². The molecule has 2 rings (SSSR count). The predicted octanol–water partition coefficient (Wildman–Crippen LogP) is 1.71. The summed E-state index contributed by atoms with van der Waals surface area (Å²) in [5, 5.41) is 8.89. The Kier molecular flexibility index (Phi) is 3.32. The summed E-state index contributed by atoms with van der Waals surface area (Å²) in [6.45, 7) is 0.736. The molecule has 0 radical (unpaired) electrons. The summed E-state index contributed by atoms with van der Waals surface area (Å²) in [5.74, 6) is -0.774. The first-order valence-electron chi connectivity index (χ1n) is 5.58. The van der Waals surface area contributed by atoms with Gasteiger partial charge in [0.25, 0.3) is 0 Å². The summed E-state index contributed by atoms with van der Waals surface area (Å²) in [5.41, 5.74) is 1.18. The summed E-state index contributed by atoms with van der Waals surface area (Å²) in [6, 6.07) is 10.0. The van der Waals surface area contributed by atoms with E-state index in [0.29, 0.717) is 0 Å². The largest absolute Gasteiger partial charge is 0.481 e. The fraction of sp³-hybridized carbons (Fsp3) is 0.308. The van der Waals surface area contributed by atoms with E-state index in [1.54, 1.807) is 0 Å². The topological polar surface area (TPSA) is 43.8 Å². The number of hydrogen-bond acceptors (Lipinski definition) is 3. The average Bonchev–Trinajstić information content (AvgIpc) is 2.62. The van der Waals surface area contributed by atoms with Gasteiger partial charge in [-0.1, -0.05) is 30.3 Å². The van der Waals surface area contributed by atoms with E-state index in [1.807, 2.05) is 59.6 Å². The Morgan fingerprint density at radius 3 is 2.65 bits per heavy atom. The number of carbonyl (C=O) groups is 1. The van der Waals surface area contributed by atoms with Crippen LogP contribution in [0.25, 0.3) is 0 Å². The van der Waals surface area contributed by atoms with Gasteiger partial charge in [-0.25, -0.2) is 0 Å². The number of hydrogen-bond donors (Lipinski definition) is 1. The maximum absolute atomic E-state index is 10.8. The number of benzene rings is 1. The summed E-state index contributed by atoms with van der Waals surface area (Å²) in [4.78, 5) is 14.8. The zero-order valence-electron chi connectivity index (χ0n) is 9.78. The molecule has 0 amide bonds. The minimum atomic E-state index is -0.774. The van der Waals surface area contributed by atoms with Crippen LogP contribution in [0.1, 0.15) is 12.0 Å². The standard InChI is InChI=1S/C13H16N2O2/c1-14-7-8-15(12(14)9-13(16)17)10-11-5-3-2-4-6-11/h2-8,12H,9-10H2,1H3,(H,16,17). The fourth-order valence-electron chi connectivity index (χ4n) is 1.99. The minimum absolute atomic E-state index is 0.0901. The molecule has 0 aromatic heterocycles. The van der Waals surface area contributed by atoms with Gasteiger partial charge in [-0.3, -0.25) is 4.79 Å². The van der Waals surface area contributed by atoms with Crippen molar-refractivity contribution in [2.45, 2.75) is 19.1 Å². The number of aliphatic carboxylic acids is 1. The average molecular weight is 232 g/mol. The Hall–Kier alpha value is -1.97. The Bertz CT molecular complexity index is 417. The first-order valence-corrected chi connectivity index (χ1v) is 5.58. The summed E-state index contributed by atoms with van der Waals surface area (Å²) < 4.78 is 0. The third-order valence-electron chi connectivity index (χ3n) is 2.91. The van der Waals surface area contributed by atoms with Crippen LogP contribution in [0.2, 0.25) is 0 Å². The van der Waals surface area contributed by atoms with Crippen LogP contribution in [-0.4, -0.2) is 34.1 Å². The molecule has 0 fully saturated rings. The zero-order chi connectivity index (χ0) is 12.3. The number of carboxylic acids is 1. The van der Waals surface area contributed by atoms with Gasteiger partial charge in [0.15, 0.2) is 0 Å². The van der Waals surface area contributed by atoms with Crippen molar-refractivity contribution in [2.24, 2.45) is 0 Å². The van der Waals surface area contributed by atoms with Gasteiger partial charge >= 0.3 is 5.97 Å². The van der Waals surface area contributed by atoms with E-state index in [2.05, 4.69) is 0 Å². The maximum Gasteiger partial charge on any atom is 0.307 e. The SMILES string of the molecule is CN1C=CN(Cc2ccccc2)C1CC(=O)O. The molecular weight excluding hydrogens is 216 g/mol. The summed E-state index contributed by atoms with van der Waals surface area (Å²) in [6.07, 6.45) is 3.89. The summed E-state index contributed by atoms with van der Waals surface area (Å²) in [7, 11) is 1.90. The van der Waals surface area contributed by atoms with E-state index in [0.717, 1.165) is 6.54 Å². The van der Waals surface area contributed by atoms with Crippen LogP contribution >= 0.6 is 0 Å². The van der Waals surface area contributed by atoms with Crippen molar-refractivity contribution < 1.29 is 9.90 Å². The molecule has 0 bridgehead atoms. The number of carboxylic acid groups (broad SMARTS) is 1. The summed E-state index contributed by atoms with van der Waals surface area (Å²) >= 11 is 0. The van der Waals surface area contributed by atoms with Gasteiger partial charge in [-0.15, -0.1) is 0 Å². The van der Waals surface area contributed by atoms with Crippen molar-refractivity contribution in [1.82, 2.24) is 9.80 Å². The second-order valence-corrected chi connectivity index (χ2v) is 4.20. The van der Waals surface area contributed by atoms with E-state index in [4.69, 9.17) is 5.11 Å². The van der Waals surface area contributed by atoms with Gasteiger partial charge in [-0.05, 0) is 5.56 Å². The lowest BCUT2D eigenvalue weighted by Crippen LogP contribution is -2.37. The molecule has 4 nitrogen and oxygen atoms in total. The molecule has 1 atom stereocenters. The van der Waals surface area contributed by atoms with Crippen LogP contribution in [0, 0.1) is 0 Å². The first kappa shape index (κ1) is 11.5. The number of rotatable bonds is 4. The highest BCUT2D eigenvalue weighted by molar-refractivity contribution is 5.67.